The van der Waals surface area contributed by atoms with Crippen molar-refractivity contribution in [3.05, 3.63) is 23.8 Å². The van der Waals surface area contributed by atoms with E-state index in [0.29, 0.717) is 5.57 Å². The van der Waals surface area contributed by atoms with Gasteiger partial charge in [0.2, 0.25) is 0 Å². The Hall–Kier alpha value is -0.680. The standard InChI is InChI=1S/C9H12O4/c10-4-7-2-1-3-8(5-11)9(7,6-12)13-8/h1-3,10-12H,4-6H2. The van der Waals surface area contributed by atoms with Gasteiger partial charge in [-0.1, -0.05) is 12.2 Å². The van der Waals surface area contributed by atoms with Crippen molar-refractivity contribution in [2.45, 2.75) is 11.2 Å². The van der Waals surface area contributed by atoms with E-state index in [-0.39, 0.29) is 19.8 Å². The molecule has 1 aliphatic carbocycles. The van der Waals surface area contributed by atoms with Crippen LogP contribution in [0.15, 0.2) is 23.8 Å². The number of aliphatic hydroxyl groups excluding tert-OH is 3. The molecule has 1 fully saturated rings. The highest BCUT2D eigenvalue weighted by Crippen LogP contribution is 2.54. The maximum absolute atomic E-state index is 9.17. The van der Waals surface area contributed by atoms with Crippen LogP contribution in [0.2, 0.25) is 0 Å². The number of hydrogen-bond donors (Lipinski definition) is 3. The van der Waals surface area contributed by atoms with Crippen LogP contribution in [0, 0.1) is 0 Å². The van der Waals surface area contributed by atoms with Crippen LogP contribution < -0.4 is 0 Å². The highest BCUT2D eigenvalue weighted by molar-refractivity contribution is 5.45. The molecule has 4 nitrogen and oxygen atoms in total. The fourth-order valence-electron chi connectivity index (χ4n) is 1.91. The van der Waals surface area contributed by atoms with E-state index in [2.05, 4.69) is 0 Å². The molecular formula is C9H12O4. The minimum absolute atomic E-state index is 0.160. The molecule has 0 amide bonds. The quantitative estimate of drug-likeness (QED) is 0.490. The molecule has 72 valence electrons. The van der Waals surface area contributed by atoms with Gasteiger partial charge in [0, 0.05) is 0 Å². The van der Waals surface area contributed by atoms with Gasteiger partial charge in [-0.2, -0.15) is 0 Å². The van der Waals surface area contributed by atoms with E-state index in [0.717, 1.165) is 0 Å². The highest BCUT2D eigenvalue weighted by Gasteiger charge is 2.70. The smallest absolute Gasteiger partial charge is 0.151 e. The lowest BCUT2D eigenvalue weighted by Gasteiger charge is -2.18. The first-order valence-corrected chi connectivity index (χ1v) is 4.16. The van der Waals surface area contributed by atoms with Crippen molar-refractivity contribution >= 4 is 0 Å². The lowest BCUT2D eigenvalue weighted by Crippen LogP contribution is -2.35. The normalized spacial score (nSPS) is 41.3. The molecule has 0 aromatic heterocycles. The van der Waals surface area contributed by atoms with E-state index in [1.165, 1.54) is 0 Å². The summed E-state index contributed by atoms with van der Waals surface area (Å²) in [4.78, 5) is 0. The Bertz CT molecular complexity index is 283. The second-order valence-corrected chi connectivity index (χ2v) is 3.34. The van der Waals surface area contributed by atoms with E-state index in [1.54, 1.807) is 18.2 Å². The molecule has 1 saturated heterocycles. The number of aliphatic hydroxyl groups is 3. The first kappa shape index (κ1) is 8.90. The molecule has 2 unspecified atom stereocenters. The third kappa shape index (κ3) is 0.886. The van der Waals surface area contributed by atoms with Crippen LogP contribution in [0.4, 0.5) is 0 Å². The van der Waals surface area contributed by atoms with Crippen LogP contribution in [0.3, 0.4) is 0 Å². The van der Waals surface area contributed by atoms with Crippen LogP contribution in [0.1, 0.15) is 0 Å². The van der Waals surface area contributed by atoms with Gasteiger partial charge in [0.1, 0.15) is 5.60 Å². The van der Waals surface area contributed by atoms with Crippen LogP contribution >= 0.6 is 0 Å². The summed E-state index contributed by atoms with van der Waals surface area (Å²) in [7, 11) is 0. The predicted octanol–water partition coefficient (Wildman–Crippen LogP) is -1.03. The van der Waals surface area contributed by atoms with Gasteiger partial charge in [-0.25, -0.2) is 0 Å². The molecule has 0 aromatic rings. The van der Waals surface area contributed by atoms with Crippen LogP contribution in [0.5, 0.6) is 0 Å². The minimum atomic E-state index is -0.870. The van der Waals surface area contributed by atoms with Gasteiger partial charge < -0.3 is 20.1 Å². The van der Waals surface area contributed by atoms with Crippen LogP contribution in [-0.4, -0.2) is 46.3 Å². The fraction of sp³-hybridized carbons (Fsp3) is 0.556. The van der Waals surface area contributed by atoms with E-state index in [9.17, 15) is 0 Å². The van der Waals surface area contributed by atoms with Crippen molar-refractivity contribution in [3.8, 4) is 0 Å². The Labute approximate surface area is 75.8 Å². The summed E-state index contributed by atoms with van der Waals surface area (Å²) in [5, 5.41) is 27.3. The van der Waals surface area contributed by atoms with Crippen molar-refractivity contribution in [1.29, 1.82) is 0 Å². The Morgan fingerprint density at radius 1 is 1.23 bits per heavy atom. The van der Waals surface area contributed by atoms with Gasteiger partial charge in [0.15, 0.2) is 5.60 Å². The summed E-state index contributed by atoms with van der Waals surface area (Å²) >= 11 is 0. The van der Waals surface area contributed by atoms with E-state index < -0.39 is 11.2 Å². The van der Waals surface area contributed by atoms with Crippen LogP contribution in [0.25, 0.3) is 0 Å². The fourth-order valence-corrected chi connectivity index (χ4v) is 1.91. The molecule has 0 saturated carbocycles. The number of ether oxygens (including phenoxy) is 1. The first-order valence-electron chi connectivity index (χ1n) is 4.16. The Morgan fingerprint density at radius 3 is 2.54 bits per heavy atom. The molecule has 2 atom stereocenters. The molecule has 0 aromatic carbocycles. The molecular weight excluding hydrogens is 172 g/mol. The monoisotopic (exact) mass is 184 g/mol. The third-order valence-corrected chi connectivity index (χ3v) is 2.81. The highest BCUT2D eigenvalue weighted by atomic mass is 16.6. The molecule has 2 aliphatic rings. The van der Waals surface area contributed by atoms with Crippen molar-refractivity contribution in [3.63, 3.8) is 0 Å². The van der Waals surface area contributed by atoms with Gasteiger partial charge in [-0.3, -0.25) is 0 Å². The third-order valence-electron chi connectivity index (χ3n) is 2.81. The number of allylic oxidation sites excluding steroid dienone is 2. The molecule has 0 radical (unpaired) electrons. The Kier molecular flexibility index (Phi) is 1.82. The second-order valence-electron chi connectivity index (χ2n) is 3.34. The lowest BCUT2D eigenvalue weighted by molar-refractivity contribution is 0.174. The molecule has 0 spiro atoms. The maximum atomic E-state index is 9.17. The van der Waals surface area contributed by atoms with Crippen molar-refractivity contribution in [1.82, 2.24) is 0 Å². The largest absolute Gasteiger partial charge is 0.393 e. The topological polar surface area (TPSA) is 73.2 Å². The summed E-state index contributed by atoms with van der Waals surface area (Å²) in [5.74, 6) is 0. The van der Waals surface area contributed by atoms with Gasteiger partial charge in [0.25, 0.3) is 0 Å². The Morgan fingerprint density at radius 2 is 2.00 bits per heavy atom. The lowest BCUT2D eigenvalue weighted by atomic mass is 9.83. The van der Waals surface area contributed by atoms with E-state index >= 15 is 0 Å². The average Bonchev–Trinajstić information content (AvgIpc) is 2.87. The van der Waals surface area contributed by atoms with Gasteiger partial charge in [0.05, 0.1) is 19.8 Å². The molecule has 0 bridgehead atoms. The summed E-state index contributed by atoms with van der Waals surface area (Å²) in [5.41, 5.74) is -1.05. The van der Waals surface area contributed by atoms with Crippen LogP contribution in [-0.2, 0) is 4.74 Å². The van der Waals surface area contributed by atoms with E-state index in [1.807, 2.05) is 0 Å². The molecule has 2 rings (SSSR count). The molecule has 3 N–H and O–H groups in total. The van der Waals surface area contributed by atoms with Gasteiger partial charge >= 0.3 is 0 Å². The van der Waals surface area contributed by atoms with Crippen molar-refractivity contribution < 1.29 is 20.1 Å². The maximum Gasteiger partial charge on any atom is 0.151 e. The predicted molar refractivity (Wildman–Crippen MR) is 45.0 cm³/mol. The SMILES string of the molecule is OCC1=CC=CC2(CO)OC12CO. The zero-order valence-electron chi connectivity index (χ0n) is 7.10. The molecule has 1 aliphatic heterocycles. The summed E-state index contributed by atoms with van der Waals surface area (Å²) in [6, 6.07) is 0. The van der Waals surface area contributed by atoms with E-state index in [4.69, 9.17) is 20.1 Å². The zero-order chi connectivity index (χ0) is 9.53. The Balaban J connectivity index is 2.35. The number of fused-ring (bicyclic) bond motifs is 1. The minimum Gasteiger partial charge on any atom is -0.393 e. The molecule has 4 heteroatoms. The zero-order valence-corrected chi connectivity index (χ0v) is 7.10. The van der Waals surface area contributed by atoms with Crippen molar-refractivity contribution in [2.75, 3.05) is 19.8 Å². The van der Waals surface area contributed by atoms with Gasteiger partial charge in [-0.15, -0.1) is 0 Å². The first-order chi connectivity index (χ1) is 6.24. The number of hydrogen-bond acceptors (Lipinski definition) is 4. The summed E-state index contributed by atoms with van der Waals surface area (Å²) in [6.07, 6.45) is 5.14. The van der Waals surface area contributed by atoms with Crippen molar-refractivity contribution in [2.24, 2.45) is 0 Å². The second kappa shape index (κ2) is 2.65. The molecule has 1 heterocycles. The number of rotatable bonds is 3. The summed E-state index contributed by atoms with van der Waals surface area (Å²) in [6.45, 7) is -0.557. The van der Waals surface area contributed by atoms with Gasteiger partial charge in [-0.05, 0) is 11.6 Å². The number of epoxide rings is 1. The average molecular weight is 184 g/mol. The molecule has 13 heavy (non-hydrogen) atoms. The summed E-state index contributed by atoms with van der Waals surface area (Å²) < 4.78 is 5.34.